The molecule has 0 aliphatic rings. The second kappa shape index (κ2) is 5.70. The maximum atomic E-state index is 5.14. The molecule has 0 spiro atoms. The Hall–Kier alpha value is -2.29. The summed E-state index contributed by atoms with van der Waals surface area (Å²) in [5.74, 6) is 0.812. The zero-order valence-corrected chi connectivity index (χ0v) is 9.63. The molecule has 0 saturated carbocycles. The molecule has 2 aromatic rings. The van der Waals surface area contributed by atoms with Gasteiger partial charge in [-0.1, -0.05) is 17.7 Å². The first kappa shape index (κ1) is 11.2. The zero-order valence-electron chi connectivity index (χ0n) is 9.63. The lowest BCUT2D eigenvalue weighted by Crippen LogP contribution is -1.87. The molecule has 0 saturated heterocycles. The summed E-state index contributed by atoms with van der Waals surface area (Å²) in [5.41, 5.74) is 5.14. The van der Waals surface area contributed by atoms with Crippen molar-refractivity contribution in [3.05, 3.63) is 60.1 Å². The number of hydrogen-bond acceptors (Lipinski definition) is 3. The monoisotopic (exact) mass is 226 g/mol. The van der Waals surface area contributed by atoms with E-state index in [9.17, 15) is 0 Å². The summed E-state index contributed by atoms with van der Waals surface area (Å²) < 4.78 is 5.14. The Kier molecular flexibility index (Phi) is 3.76. The van der Waals surface area contributed by atoms with Crippen LogP contribution in [0.3, 0.4) is 0 Å². The van der Waals surface area contributed by atoms with Crippen molar-refractivity contribution in [1.29, 1.82) is 0 Å². The van der Waals surface area contributed by atoms with Gasteiger partial charge in [0.25, 0.3) is 0 Å². The van der Waals surface area contributed by atoms with E-state index < -0.39 is 0 Å². The fourth-order valence-electron chi connectivity index (χ4n) is 1.31. The predicted molar refractivity (Wildman–Crippen MR) is 71.0 cm³/mol. The van der Waals surface area contributed by atoms with Gasteiger partial charge in [-0.15, -0.1) is 0 Å². The molecule has 1 aromatic carbocycles. The van der Waals surface area contributed by atoms with Crippen molar-refractivity contribution in [2.45, 2.75) is 6.92 Å². The summed E-state index contributed by atoms with van der Waals surface area (Å²) in [6.45, 7) is 2.05. The molecule has 0 aliphatic carbocycles. The lowest BCUT2D eigenvalue weighted by atomic mass is 10.2. The molecule has 1 N–H and O–H groups in total. The van der Waals surface area contributed by atoms with Crippen LogP contribution in [0.25, 0.3) is 6.08 Å². The molecule has 0 amide bonds. The molecule has 86 valence electrons. The van der Waals surface area contributed by atoms with Crippen LogP contribution in [-0.4, -0.2) is 6.21 Å². The summed E-state index contributed by atoms with van der Waals surface area (Å²) in [7, 11) is 0. The van der Waals surface area contributed by atoms with Gasteiger partial charge in [-0.3, -0.25) is 5.43 Å². The highest BCUT2D eigenvalue weighted by molar-refractivity contribution is 5.78. The summed E-state index contributed by atoms with van der Waals surface area (Å²) in [6, 6.07) is 11.8. The highest BCUT2D eigenvalue weighted by atomic mass is 16.3. The largest absolute Gasteiger partial charge is 0.465 e. The van der Waals surface area contributed by atoms with E-state index in [1.54, 1.807) is 12.5 Å². The summed E-state index contributed by atoms with van der Waals surface area (Å²) >= 11 is 0. The molecule has 1 heterocycles. The number of rotatable bonds is 4. The second-order valence-corrected chi connectivity index (χ2v) is 3.63. The van der Waals surface area contributed by atoms with E-state index in [1.165, 1.54) is 5.56 Å². The van der Waals surface area contributed by atoms with E-state index in [1.807, 2.05) is 48.6 Å². The van der Waals surface area contributed by atoms with Gasteiger partial charge in [-0.2, -0.15) is 5.10 Å². The molecule has 3 heteroatoms. The van der Waals surface area contributed by atoms with Crippen LogP contribution in [0.4, 0.5) is 5.69 Å². The third kappa shape index (κ3) is 3.65. The molecule has 0 atom stereocenters. The minimum absolute atomic E-state index is 0.812. The first-order chi connectivity index (χ1) is 8.34. The van der Waals surface area contributed by atoms with Crippen molar-refractivity contribution in [3.8, 4) is 0 Å². The third-order valence-electron chi connectivity index (χ3n) is 2.21. The van der Waals surface area contributed by atoms with Gasteiger partial charge in [0.05, 0.1) is 12.0 Å². The number of anilines is 1. The Balaban J connectivity index is 1.84. The normalized spacial score (nSPS) is 11.4. The lowest BCUT2D eigenvalue weighted by Gasteiger charge is -1.98. The van der Waals surface area contributed by atoms with Crippen LogP contribution in [0.15, 0.2) is 58.3 Å². The van der Waals surface area contributed by atoms with Crippen molar-refractivity contribution in [1.82, 2.24) is 0 Å². The second-order valence-electron chi connectivity index (χ2n) is 3.63. The maximum absolute atomic E-state index is 5.14. The van der Waals surface area contributed by atoms with Crippen molar-refractivity contribution in [3.63, 3.8) is 0 Å². The number of allylic oxidation sites excluding steroid dienone is 1. The number of nitrogens with zero attached hydrogens (tertiary/aromatic N) is 1. The minimum atomic E-state index is 0.812. The van der Waals surface area contributed by atoms with Gasteiger partial charge in [0, 0.05) is 6.21 Å². The average Bonchev–Trinajstić information content (AvgIpc) is 2.84. The highest BCUT2D eigenvalue weighted by Crippen LogP contribution is 2.07. The van der Waals surface area contributed by atoms with Gasteiger partial charge < -0.3 is 4.42 Å². The third-order valence-corrected chi connectivity index (χ3v) is 2.21. The maximum Gasteiger partial charge on any atom is 0.126 e. The molecular formula is C14H14N2O. The first-order valence-electron chi connectivity index (χ1n) is 5.40. The van der Waals surface area contributed by atoms with E-state index in [0.29, 0.717) is 0 Å². The zero-order chi connectivity index (χ0) is 11.9. The van der Waals surface area contributed by atoms with Gasteiger partial charge in [-0.25, -0.2) is 0 Å². The molecule has 0 aliphatic heterocycles. The number of hydrazone groups is 1. The van der Waals surface area contributed by atoms with Crippen molar-refractivity contribution >= 4 is 18.0 Å². The van der Waals surface area contributed by atoms with Crippen LogP contribution in [0, 0.1) is 6.92 Å². The SMILES string of the molecule is Cc1ccc(N/N=C\C=C\c2ccco2)cc1. The van der Waals surface area contributed by atoms with Crippen LogP contribution in [0.2, 0.25) is 0 Å². The number of furan rings is 1. The number of aryl methyl sites for hydroxylation is 1. The fourth-order valence-corrected chi connectivity index (χ4v) is 1.31. The summed E-state index contributed by atoms with van der Waals surface area (Å²) in [4.78, 5) is 0. The predicted octanol–water partition coefficient (Wildman–Crippen LogP) is 3.70. The first-order valence-corrected chi connectivity index (χ1v) is 5.40. The van der Waals surface area contributed by atoms with E-state index in [4.69, 9.17) is 4.42 Å². The summed E-state index contributed by atoms with van der Waals surface area (Å²) in [5, 5.41) is 4.07. The van der Waals surface area contributed by atoms with Gasteiger partial charge in [0.1, 0.15) is 5.76 Å². The van der Waals surface area contributed by atoms with Crippen LogP contribution in [0.1, 0.15) is 11.3 Å². The average molecular weight is 226 g/mol. The minimum Gasteiger partial charge on any atom is -0.465 e. The molecular weight excluding hydrogens is 212 g/mol. The van der Waals surface area contributed by atoms with E-state index in [0.717, 1.165) is 11.4 Å². The van der Waals surface area contributed by atoms with E-state index in [2.05, 4.69) is 17.5 Å². The Morgan fingerprint density at radius 1 is 1.18 bits per heavy atom. The van der Waals surface area contributed by atoms with E-state index >= 15 is 0 Å². The number of nitrogens with one attached hydrogen (secondary N) is 1. The van der Waals surface area contributed by atoms with Gasteiger partial charge in [0.15, 0.2) is 0 Å². The quantitative estimate of drug-likeness (QED) is 0.637. The number of benzene rings is 1. The molecule has 2 rings (SSSR count). The van der Waals surface area contributed by atoms with Crippen LogP contribution >= 0.6 is 0 Å². The van der Waals surface area contributed by atoms with Crippen LogP contribution in [0.5, 0.6) is 0 Å². The van der Waals surface area contributed by atoms with Crippen molar-refractivity contribution in [2.24, 2.45) is 5.10 Å². The van der Waals surface area contributed by atoms with Gasteiger partial charge >= 0.3 is 0 Å². The highest BCUT2D eigenvalue weighted by Gasteiger charge is 1.87. The van der Waals surface area contributed by atoms with Crippen molar-refractivity contribution in [2.75, 3.05) is 5.43 Å². The molecule has 0 unspecified atom stereocenters. The molecule has 0 fully saturated rings. The molecule has 0 radical (unpaired) electrons. The molecule has 17 heavy (non-hydrogen) atoms. The van der Waals surface area contributed by atoms with Crippen molar-refractivity contribution < 1.29 is 4.42 Å². The van der Waals surface area contributed by atoms with Gasteiger partial charge in [0.2, 0.25) is 0 Å². The summed E-state index contributed by atoms with van der Waals surface area (Å²) in [6.07, 6.45) is 6.99. The Morgan fingerprint density at radius 3 is 2.71 bits per heavy atom. The fraction of sp³-hybridized carbons (Fsp3) is 0.0714. The van der Waals surface area contributed by atoms with Crippen LogP contribution < -0.4 is 5.43 Å². The van der Waals surface area contributed by atoms with E-state index in [-0.39, 0.29) is 0 Å². The van der Waals surface area contributed by atoms with Crippen LogP contribution in [-0.2, 0) is 0 Å². The molecule has 3 nitrogen and oxygen atoms in total. The Morgan fingerprint density at radius 2 is 2.00 bits per heavy atom. The molecule has 1 aromatic heterocycles. The standard InChI is InChI=1S/C14H14N2O/c1-12-6-8-13(9-7-12)16-15-10-2-4-14-5-3-11-17-14/h2-11,16H,1H3/b4-2+,15-10-. The Bertz CT molecular complexity index is 496. The Labute approximate surface area is 100 Å². The smallest absolute Gasteiger partial charge is 0.126 e. The van der Waals surface area contributed by atoms with Gasteiger partial charge in [-0.05, 0) is 43.3 Å². The number of hydrogen-bond donors (Lipinski definition) is 1. The molecule has 0 bridgehead atoms. The topological polar surface area (TPSA) is 37.5 Å². The lowest BCUT2D eigenvalue weighted by molar-refractivity contribution is 0.557.